The van der Waals surface area contributed by atoms with E-state index in [2.05, 4.69) is 15.3 Å². The van der Waals surface area contributed by atoms with E-state index in [0.717, 1.165) is 53.1 Å². The van der Waals surface area contributed by atoms with Gasteiger partial charge in [0.15, 0.2) is 0 Å². The summed E-state index contributed by atoms with van der Waals surface area (Å²) in [5, 5.41) is 4.42. The molecule has 2 aromatic carbocycles. The number of para-hydroxylation sites is 1. The van der Waals surface area contributed by atoms with Gasteiger partial charge in [0, 0.05) is 33.2 Å². The number of ketones is 1. The summed E-state index contributed by atoms with van der Waals surface area (Å²) in [6.07, 6.45) is 3.80. The van der Waals surface area contributed by atoms with Crippen LogP contribution in [0.5, 0.6) is 0 Å². The molecule has 3 N–H and O–H groups in total. The lowest BCUT2D eigenvalue weighted by atomic mass is 9.90. The molecule has 0 saturated carbocycles. The molecule has 0 aliphatic heterocycles. The van der Waals surface area contributed by atoms with Crippen LogP contribution in [0, 0.1) is 6.92 Å². The summed E-state index contributed by atoms with van der Waals surface area (Å²) in [6, 6.07) is 12.8. The number of nitrogens with one attached hydrogen (secondary N) is 3. The monoisotopic (exact) mass is 399 g/mol. The van der Waals surface area contributed by atoms with Crippen LogP contribution in [0.2, 0.25) is 0 Å². The Bertz CT molecular complexity index is 1390. The van der Waals surface area contributed by atoms with Gasteiger partial charge in [0.1, 0.15) is 0 Å². The Morgan fingerprint density at radius 1 is 0.900 bits per heavy atom. The number of benzene rings is 2. The first-order valence-corrected chi connectivity index (χ1v) is 10.1. The summed E-state index contributed by atoms with van der Waals surface area (Å²) in [5.41, 5.74) is 4.92. The summed E-state index contributed by atoms with van der Waals surface area (Å²) in [6.45, 7) is 1.78. The minimum absolute atomic E-state index is 0.0637. The average Bonchev–Trinajstić information content (AvgIpc) is 3.09. The van der Waals surface area contributed by atoms with E-state index in [1.54, 1.807) is 19.1 Å². The minimum atomic E-state index is -0.706. The third kappa shape index (κ3) is 2.92. The quantitative estimate of drug-likeness (QED) is 0.359. The van der Waals surface area contributed by atoms with Gasteiger partial charge in [0.2, 0.25) is 0 Å². The number of carbonyl (C=O) groups is 2. The number of Topliss-reactive ketones (excluding diaryl/α,β-unsaturated/α-hetero) is 1. The summed E-state index contributed by atoms with van der Waals surface area (Å²) < 4.78 is 0. The van der Waals surface area contributed by atoms with Crippen LogP contribution in [0.1, 0.15) is 40.0 Å². The molecule has 6 nitrogen and oxygen atoms in total. The van der Waals surface area contributed by atoms with Crippen molar-refractivity contribution in [1.82, 2.24) is 9.97 Å². The Kier molecular flexibility index (Phi) is 4.28. The molecule has 5 rings (SSSR count). The highest BCUT2D eigenvalue weighted by molar-refractivity contribution is 6.48. The lowest BCUT2D eigenvalue weighted by Gasteiger charge is -2.17. The Morgan fingerprint density at radius 2 is 1.67 bits per heavy atom. The third-order valence-corrected chi connectivity index (χ3v) is 5.92. The summed E-state index contributed by atoms with van der Waals surface area (Å²) >= 11 is 0. The molecule has 1 aliphatic rings. The summed E-state index contributed by atoms with van der Waals surface area (Å²) in [4.78, 5) is 44.1. The number of aromatic nitrogens is 2. The van der Waals surface area contributed by atoms with Crippen LogP contribution in [0.4, 0.5) is 5.69 Å². The fourth-order valence-corrected chi connectivity index (χ4v) is 4.51. The number of hydrogen-bond acceptors (Lipinski definition) is 3. The molecule has 0 radical (unpaired) electrons. The number of pyridine rings is 1. The maximum atomic E-state index is 12.9. The van der Waals surface area contributed by atoms with Crippen molar-refractivity contribution in [3.05, 3.63) is 75.2 Å². The molecule has 0 fully saturated rings. The molecule has 0 bridgehead atoms. The van der Waals surface area contributed by atoms with Crippen molar-refractivity contribution in [2.45, 2.75) is 32.6 Å². The van der Waals surface area contributed by atoms with Crippen molar-refractivity contribution in [3.63, 3.8) is 0 Å². The topological polar surface area (TPSA) is 94.8 Å². The highest BCUT2D eigenvalue weighted by Gasteiger charge is 2.23. The van der Waals surface area contributed by atoms with Crippen LogP contribution in [0.25, 0.3) is 21.8 Å². The highest BCUT2D eigenvalue weighted by Crippen LogP contribution is 2.28. The number of anilines is 1. The molecule has 0 spiro atoms. The SMILES string of the molecule is Cc1[nH]c2ccccc2c1C(=O)C(=O)Nc1ccc2c3c(c(=O)[nH]c2c1)CCCC3. The van der Waals surface area contributed by atoms with Crippen LogP contribution in [0.3, 0.4) is 0 Å². The van der Waals surface area contributed by atoms with E-state index in [0.29, 0.717) is 22.5 Å². The normalized spacial score (nSPS) is 13.4. The van der Waals surface area contributed by atoms with Gasteiger partial charge in [0.05, 0.1) is 11.1 Å². The molecule has 2 heterocycles. The van der Waals surface area contributed by atoms with Crippen molar-refractivity contribution in [2.75, 3.05) is 5.32 Å². The molecule has 6 heteroatoms. The largest absolute Gasteiger partial charge is 0.358 e. The molecule has 30 heavy (non-hydrogen) atoms. The van der Waals surface area contributed by atoms with E-state index in [4.69, 9.17) is 0 Å². The molecular formula is C24H21N3O3. The first-order chi connectivity index (χ1) is 14.5. The number of H-pyrrole nitrogens is 2. The van der Waals surface area contributed by atoms with Gasteiger partial charge in [-0.15, -0.1) is 0 Å². The molecule has 0 atom stereocenters. The van der Waals surface area contributed by atoms with Crippen LogP contribution >= 0.6 is 0 Å². The van der Waals surface area contributed by atoms with E-state index < -0.39 is 11.7 Å². The summed E-state index contributed by atoms with van der Waals surface area (Å²) in [7, 11) is 0. The number of aryl methyl sites for hydroxylation is 2. The molecule has 0 saturated heterocycles. The number of hydrogen-bond donors (Lipinski definition) is 3. The second kappa shape index (κ2) is 6.99. The molecular weight excluding hydrogens is 378 g/mol. The maximum Gasteiger partial charge on any atom is 0.296 e. The Morgan fingerprint density at radius 3 is 2.50 bits per heavy atom. The second-order valence-corrected chi connectivity index (χ2v) is 7.83. The molecule has 4 aromatic rings. The Hall–Kier alpha value is -3.67. The van der Waals surface area contributed by atoms with E-state index in [1.165, 1.54) is 0 Å². The molecule has 150 valence electrons. The van der Waals surface area contributed by atoms with E-state index in [-0.39, 0.29) is 5.56 Å². The second-order valence-electron chi connectivity index (χ2n) is 7.83. The van der Waals surface area contributed by atoms with Crippen molar-refractivity contribution in [3.8, 4) is 0 Å². The first-order valence-electron chi connectivity index (χ1n) is 10.1. The first kappa shape index (κ1) is 18.4. The van der Waals surface area contributed by atoms with Crippen LogP contribution in [-0.4, -0.2) is 21.7 Å². The molecule has 0 unspecified atom stereocenters. The van der Waals surface area contributed by atoms with Crippen molar-refractivity contribution < 1.29 is 9.59 Å². The average molecular weight is 399 g/mol. The lowest BCUT2D eigenvalue weighted by molar-refractivity contribution is -0.112. The predicted molar refractivity (Wildman–Crippen MR) is 117 cm³/mol. The Balaban J connectivity index is 1.48. The zero-order chi connectivity index (χ0) is 20.8. The van der Waals surface area contributed by atoms with Gasteiger partial charge in [-0.05, 0) is 56.4 Å². The van der Waals surface area contributed by atoms with Gasteiger partial charge >= 0.3 is 0 Å². The molecule has 2 aromatic heterocycles. The number of carbonyl (C=O) groups excluding carboxylic acids is 2. The maximum absolute atomic E-state index is 12.9. The summed E-state index contributed by atoms with van der Waals surface area (Å²) in [5.74, 6) is -1.30. The zero-order valence-corrected chi connectivity index (χ0v) is 16.6. The number of aromatic amines is 2. The Labute approximate surface area is 172 Å². The number of fused-ring (bicyclic) bond motifs is 4. The van der Waals surface area contributed by atoms with Gasteiger partial charge in [-0.2, -0.15) is 0 Å². The van der Waals surface area contributed by atoms with Gasteiger partial charge in [-0.25, -0.2) is 0 Å². The van der Waals surface area contributed by atoms with Gasteiger partial charge in [-0.1, -0.05) is 24.3 Å². The van der Waals surface area contributed by atoms with Crippen LogP contribution < -0.4 is 10.9 Å². The number of rotatable bonds is 3. The molecule has 1 amide bonds. The lowest BCUT2D eigenvalue weighted by Crippen LogP contribution is -2.23. The van der Waals surface area contributed by atoms with E-state index >= 15 is 0 Å². The minimum Gasteiger partial charge on any atom is -0.358 e. The van der Waals surface area contributed by atoms with E-state index in [9.17, 15) is 14.4 Å². The number of amides is 1. The van der Waals surface area contributed by atoms with Crippen molar-refractivity contribution in [1.29, 1.82) is 0 Å². The fraction of sp³-hybridized carbons (Fsp3) is 0.208. The van der Waals surface area contributed by atoms with Gasteiger partial charge < -0.3 is 15.3 Å². The van der Waals surface area contributed by atoms with Crippen LogP contribution in [0.15, 0.2) is 47.3 Å². The fourth-order valence-electron chi connectivity index (χ4n) is 4.51. The van der Waals surface area contributed by atoms with E-state index in [1.807, 2.05) is 30.3 Å². The van der Waals surface area contributed by atoms with Crippen molar-refractivity contribution in [2.24, 2.45) is 0 Å². The van der Waals surface area contributed by atoms with Crippen LogP contribution in [-0.2, 0) is 17.6 Å². The molecule has 1 aliphatic carbocycles. The standard InChI is InChI=1S/C24H21N3O3/c1-13-21(18-8-4-5-9-19(18)25-13)22(28)24(30)26-14-10-11-16-15-6-2-3-7-17(15)23(29)27-20(16)12-14/h4-5,8-12,25H,2-3,6-7H2,1H3,(H,26,30)(H,27,29). The smallest absolute Gasteiger partial charge is 0.296 e. The van der Waals surface area contributed by atoms with Gasteiger partial charge in [0.25, 0.3) is 17.2 Å². The third-order valence-electron chi connectivity index (χ3n) is 5.92. The predicted octanol–water partition coefficient (Wildman–Crippen LogP) is 4.02. The van der Waals surface area contributed by atoms with Crippen molar-refractivity contribution >= 4 is 39.2 Å². The van der Waals surface area contributed by atoms with Gasteiger partial charge in [-0.3, -0.25) is 14.4 Å². The highest BCUT2D eigenvalue weighted by atomic mass is 16.2. The zero-order valence-electron chi connectivity index (χ0n) is 16.6.